The average molecular weight is 517 g/mol. The molecule has 0 aliphatic carbocycles. The number of hydrogen-bond donors (Lipinski definition) is 1. The van der Waals surface area contributed by atoms with Crippen molar-refractivity contribution in [2.45, 2.75) is 33.8 Å². The molecular weight excluding hydrogens is 492 g/mol. The van der Waals surface area contributed by atoms with Gasteiger partial charge in [-0.15, -0.1) is 11.3 Å². The van der Waals surface area contributed by atoms with Crippen molar-refractivity contribution in [1.29, 1.82) is 0 Å². The predicted octanol–water partition coefficient (Wildman–Crippen LogP) is 5.13. The number of non-ortho nitro benzene ring substituents is 1. The van der Waals surface area contributed by atoms with Gasteiger partial charge in [0.2, 0.25) is 0 Å². The normalized spacial score (nSPS) is 10.5. The van der Waals surface area contributed by atoms with Gasteiger partial charge in [0.05, 0.1) is 23.7 Å². The molecule has 0 atom stereocenters. The third-order valence-electron chi connectivity index (χ3n) is 4.79. The first kappa shape index (κ1) is 26.4. The second kappa shape index (κ2) is 12.0. The highest BCUT2D eigenvalue weighted by Gasteiger charge is 2.28. The van der Waals surface area contributed by atoms with Crippen molar-refractivity contribution in [1.82, 2.24) is 0 Å². The van der Waals surface area contributed by atoms with Crippen LogP contribution in [0.5, 0.6) is 5.75 Å². The summed E-state index contributed by atoms with van der Waals surface area (Å²) in [5.41, 5.74) is 0.372. The lowest BCUT2D eigenvalue weighted by atomic mass is 10.1. The highest BCUT2D eigenvalue weighted by molar-refractivity contribution is 7.18. The molecule has 0 unspecified atom stereocenters. The molecule has 0 saturated heterocycles. The van der Waals surface area contributed by atoms with Gasteiger partial charge in [0.15, 0.2) is 5.76 Å². The van der Waals surface area contributed by atoms with Crippen molar-refractivity contribution in [2.75, 3.05) is 18.5 Å². The van der Waals surface area contributed by atoms with Gasteiger partial charge >= 0.3 is 11.9 Å². The van der Waals surface area contributed by atoms with Crippen LogP contribution in [0.4, 0.5) is 10.7 Å². The van der Waals surface area contributed by atoms with Crippen LogP contribution in [0.2, 0.25) is 0 Å². The Kier molecular flexibility index (Phi) is 8.79. The van der Waals surface area contributed by atoms with Crippen molar-refractivity contribution in [3.05, 3.63) is 74.0 Å². The van der Waals surface area contributed by atoms with Gasteiger partial charge in [-0.1, -0.05) is 6.92 Å². The maximum Gasteiger partial charge on any atom is 0.348 e. The molecule has 11 nitrogen and oxygen atoms in total. The SMILES string of the molecule is CCCOC(=O)c1c(NC(=O)c2ccc(COc3ccc([N+](=O)[O-])cc3)o2)sc(C(=O)OCC)c1C. The van der Waals surface area contributed by atoms with Crippen LogP contribution in [0.3, 0.4) is 0 Å². The molecule has 0 saturated carbocycles. The first-order chi connectivity index (χ1) is 17.2. The Morgan fingerprint density at radius 1 is 1.06 bits per heavy atom. The van der Waals surface area contributed by atoms with Gasteiger partial charge in [-0.2, -0.15) is 0 Å². The molecule has 2 aromatic heterocycles. The average Bonchev–Trinajstić information content (AvgIpc) is 3.46. The smallest absolute Gasteiger partial charge is 0.348 e. The van der Waals surface area contributed by atoms with Gasteiger partial charge in [-0.05, 0) is 50.1 Å². The highest BCUT2D eigenvalue weighted by atomic mass is 32.1. The Balaban J connectivity index is 1.74. The van der Waals surface area contributed by atoms with Crippen LogP contribution < -0.4 is 10.1 Å². The Morgan fingerprint density at radius 2 is 1.78 bits per heavy atom. The molecule has 1 N–H and O–H groups in total. The van der Waals surface area contributed by atoms with Crippen molar-refractivity contribution in [3.8, 4) is 5.75 Å². The fourth-order valence-corrected chi connectivity index (χ4v) is 4.15. The van der Waals surface area contributed by atoms with Crippen molar-refractivity contribution < 1.29 is 37.9 Å². The number of benzene rings is 1. The van der Waals surface area contributed by atoms with E-state index < -0.39 is 22.8 Å². The number of thiophene rings is 1. The van der Waals surface area contributed by atoms with E-state index in [1.165, 1.54) is 30.3 Å². The second-order valence-corrected chi connectivity index (χ2v) is 8.40. The topological polar surface area (TPSA) is 147 Å². The highest BCUT2D eigenvalue weighted by Crippen LogP contribution is 2.35. The number of furan rings is 1. The number of ether oxygens (including phenoxy) is 3. The van der Waals surface area contributed by atoms with E-state index in [1.807, 2.05) is 6.92 Å². The lowest BCUT2D eigenvalue weighted by Gasteiger charge is -2.07. The summed E-state index contributed by atoms with van der Waals surface area (Å²) in [7, 11) is 0. The molecule has 0 fully saturated rings. The number of carbonyl (C=O) groups excluding carboxylic acids is 3. The number of carbonyl (C=O) groups is 3. The first-order valence-corrected chi connectivity index (χ1v) is 11.8. The lowest BCUT2D eigenvalue weighted by Crippen LogP contribution is -2.14. The number of hydrogen-bond acceptors (Lipinski definition) is 10. The van der Waals surface area contributed by atoms with E-state index in [9.17, 15) is 24.5 Å². The molecule has 0 aliphatic heterocycles. The molecular formula is C24H24N2O9S. The first-order valence-electron chi connectivity index (χ1n) is 11.0. The van der Waals surface area contributed by atoms with Crippen LogP contribution in [0.15, 0.2) is 40.8 Å². The Hall–Kier alpha value is -4.19. The third kappa shape index (κ3) is 6.27. The van der Waals surface area contributed by atoms with Crippen LogP contribution in [-0.4, -0.2) is 36.0 Å². The van der Waals surface area contributed by atoms with E-state index in [4.69, 9.17) is 18.6 Å². The molecule has 0 aliphatic rings. The zero-order valence-corrected chi connectivity index (χ0v) is 20.6. The number of nitrogens with one attached hydrogen (secondary N) is 1. The summed E-state index contributed by atoms with van der Waals surface area (Å²) in [6.45, 7) is 5.42. The standard InChI is InChI=1S/C24H24N2O9S/c1-4-12-33-23(28)19-14(3)20(24(29)32-5-2)36-22(19)25-21(27)18-11-10-17(35-18)13-34-16-8-6-15(7-9-16)26(30)31/h6-11H,4-5,12-13H2,1-3H3,(H,25,27). The zero-order chi connectivity index (χ0) is 26.2. The molecule has 36 heavy (non-hydrogen) atoms. The van der Waals surface area contributed by atoms with Crippen LogP contribution >= 0.6 is 11.3 Å². The van der Waals surface area contributed by atoms with E-state index in [-0.39, 0.29) is 46.7 Å². The molecule has 2 heterocycles. The second-order valence-electron chi connectivity index (χ2n) is 7.38. The number of rotatable bonds is 11. The Morgan fingerprint density at radius 3 is 2.42 bits per heavy atom. The summed E-state index contributed by atoms with van der Waals surface area (Å²) >= 11 is 0.915. The molecule has 12 heteroatoms. The minimum Gasteiger partial charge on any atom is -0.486 e. The minimum absolute atomic E-state index is 0.0230. The van der Waals surface area contributed by atoms with Crippen molar-refractivity contribution in [2.24, 2.45) is 0 Å². The maximum absolute atomic E-state index is 12.8. The summed E-state index contributed by atoms with van der Waals surface area (Å²) in [5.74, 6) is -1.23. The number of esters is 2. The molecule has 0 radical (unpaired) electrons. The van der Waals surface area contributed by atoms with Gasteiger partial charge in [0.25, 0.3) is 11.6 Å². The van der Waals surface area contributed by atoms with E-state index in [0.29, 0.717) is 23.5 Å². The third-order valence-corrected chi connectivity index (χ3v) is 5.98. The largest absolute Gasteiger partial charge is 0.486 e. The molecule has 3 rings (SSSR count). The minimum atomic E-state index is -0.659. The van der Waals surface area contributed by atoms with Crippen molar-refractivity contribution >= 4 is 39.9 Å². The van der Waals surface area contributed by atoms with E-state index in [1.54, 1.807) is 19.9 Å². The fourth-order valence-electron chi connectivity index (χ4n) is 3.07. The number of anilines is 1. The van der Waals surface area contributed by atoms with E-state index >= 15 is 0 Å². The lowest BCUT2D eigenvalue weighted by molar-refractivity contribution is -0.384. The summed E-state index contributed by atoms with van der Waals surface area (Å²) in [6, 6.07) is 8.51. The van der Waals surface area contributed by atoms with Gasteiger partial charge in [-0.3, -0.25) is 14.9 Å². The Bertz CT molecular complexity index is 1260. The molecule has 190 valence electrons. The number of amides is 1. The van der Waals surface area contributed by atoms with E-state index in [0.717, 1.165) is 11.3 Å². The molecule has 1 amide bonds. The number of nitro groups is 1. The number of nitro benzene ring substituents is 1. The molecule has 1 aromatic carbocycles. The van der Waals surface area contributed by atoms with Gasteiger partial charge in [0.1, 0.15) is 28.0 Å². The van der Waals surface area contributed by atoms with Crippen LogP contribution in [0.1, 0.15) is 62.2 Å². The van der Waals surface area contributed by atoms with E-state index in [2.05, 4.69) is 5.32 Å². The van der Waals surface area contributed by atoms with Crippen LogP contribution in [0, 0.1) is 17.0 Å². The van der Waals surface area contributed by atoms with Gasteiger partial charge in [0, 0.05) is 12.1 Å². The predicted molar refractivity (Wildman–Crippen MR) is 130 cm³/mol. The molecule has 3 aromatic rings. The summed E-state index contributed by atoms with van der Waals surface area (Å²) in [4.78, 5) is 48.2. The fraction of sp³-hybridized carbons (Fsp3) is 0.292. The maximum atomic E-state index is 12.8. The van der Waals surface area contributed by atoms with Gasteiger partial charge < -0.3 is 23.9 Å². The zero-order valence-electron chi connectivity index (χ0n) is 19.8. The summed E-state index contributed by atoms with van der Waals surface area (Å²) in [6.07, 6.45) is 0.610. The monoisotopic (exact) mass is 516 g/mol. The summed E-state index contributed by atoms with van der Waals surface area (Å²) in [5, 5.41) is 13.5. The van der Waals surface area contributed by atoms with Crippen LogP contribution in [-0.2, 0) is 16.1 Å². The molecule has 0 bridgehead atoms. The van der Waals surface area contributed by atoms with Crippen molar-refractivity contribution in [3.63, 3.8) is 0 Å². The quantitative estimate of drug-likeness (QED) is 0.208. The van der Waals surface area contributed by atoms with Crippen LogP contribution in [0.25, 0.3) is 0 Å². The summed E-state index contributed by atoms with van der Waals surface area (Å²) < 4.78 is 21.4. The Labute approximate surface area is 210 Å². The van der Waals surface area contributed by atoms with Gasteiger partial charge in [-0.25, -0.2) is 9.59 Å². The number of nitrogens with zero attached hydrogens (tertiary/aromatic N) is 1. The molecule has 0 spiro atoms.